The van der Waals surface area contributed by atoms with Gasteiger partial charge in [0.05, 0.1) is 0 Å². The highest BCUT2D eigenvalue weighted by atomic mass is 16.5. The van der Waals surface area contributed by atoms with Gasteiger partial charge in [-0.05, 0) is 18.9 Å². The summed E-state index contributed by atoms with van der Waals surface area (Å²) in [5.74, 6) is 1.12. The van der Waals surface area contributed by atoms with Crippen LogP contribution >= 0.6 is 0 Å². The smallest absolute Gasteiger partial charge is 0.164 e. The number of hydrogen-bond donors (Lipinski definition) is 1. The molecular weight excluding hydrogens is 238 g/mol. The summed E-state index contributed by atoms with van der Waals surface area (Å²) in [5, 5.41) is 0. The van der Waals surface area contributed by atoms with Crippen LogP contribution in [0.2, 0.25) is 0 Å². The molecule has 0 aliphatic rings. The van der Waals surface area contributed by atoms with Crippen LogP contribution in [0.25, 0.3) is 0 Å². The maximum Gasteiger partial charge on any atom is 0.164 e. The first kappa shape index (κ1) is 13.5. The fourth-order valence-corrected chi connectivity index (χ4v) is 1.95. The maximum absolute atomic E-state index is 5.84. The van der Waals surface area contributed by atoms with Crippen molar-refractivity contribution in [2.45, 2.75) is 26.4 Å². The molecule has 0 radical (unpaired) electrons. The topological polar surface area (TPSA) is 61.0 Å². The number of hydrogen-bond acceptors (Lipinski definition) is 4. The van der Waals surface area contributed by atoms with E-state index in [1.54, 1.807) is 6.07 Å². The van der Waals surface area contributed by atoms with E-state index in [0.29, 0.717) is 18.2 Å². The van der Waals surface area contributed by atoms with Crippen LogP contribution in [0.5, 0.6) is 0 Å². The SMILES string of the molecule is CCOC(c1ccccc1)c1nc(N)cc(CC)n1. The van der Waals surface area contributed by atoms with Crippen molar-refractivity contribution in [2.24, 2.45) is 0 Å². The standard InChI is InChI=1S/C15H19N3O/c1-3-12-10-13(16)18-15(17-12)14(19-4-2)11-8-6-5-7-9-11/h5-10,14H,3-4H2,1-2H3,(H2,16,17,18). The minimum absolute atomic E-state index is 0.264. The molecule has 1 unspecified atom stereocenters. The summed E-state index contributed by atoms with van der Waals surface area (Å²) < 4.78 is 5.79. The van der Waals surface area contributed by atoms with Gasteiger partial charge < -0.3 is 10.5 Å². The third kappa shape index (κ3) is 3.29. The van der Waals surface area contributed by atoms with Gasteiger partial charge in [-0.1, -0.05) is 37.3 Å². The predicted octanol–water partition coefficient (Wildman–Crippen LogP) is 2.75. The van der Waals surface area contributed by atoms with Gasteiger partial charge in [0.15, 0.2) is 5.82 Å². The molecule has 1 aromatic heterocycles. The Morgan fingerprint density at radius 1 is 1.16 bits per heavy atom. The first-order valence-corrected chi connectivity index (χ1v) is 6.54. The summed E-state index contributed by atoms with van der Waals surface area (Å²) in [5.41, 5.74) is 7.81. The quantitative estimate of drug-likeness (QED) is 0.894. The van der Waals surface area contributed by atoms with E-state index < -0.39 is 0 Å². The predicted molar refractivity (Wildman–Crippen MR) is 75.7 cm³/mol. The number of benzene rings is 1. The summed E-state index contributed by atoms with van der Waals surface area (Å²) in [6.07, 6.45) is 0.563. The van der Waals surface area contributed by atoms with E-state index in [-0.39, 0.29) is 6.10 Å². The molecule has 2 N–H and O–H groups in total. The van der Waals surface area contributed by atoms with Crippen LogP contribution in [0.15, 0.2) is 36.4 Å². The van der Waals surface area contributed by atoms with Crippen LogP contribution in [0.1, 0.15) is 37.0 Å². The Morgan fingerprint density at radius 2 is 1.89 bits per heavy atom. The Kier molecular flexibility index (Phi) is 4.47. The summed E-state index contributed by atoms with van der Waals surface area (Å²) in [4.78, 5) is 8.85. The van der Waals surface area contributed by atoms with Gasteiger partial charge in [0.1, 0.15) is 11.9 Å². The van der Waals surface area contributed by atoms with Crippen LogP contribution in [0, 0.1) is 0 Å². The van der Waals surface area contributed by atoms with E-state index in [9.17, 15) is 0 Å². The second-order valence-electron chi connectivity index (χ2n) is 4.24. The molecule has 2 aromatic rings. The third-order valence-corrected chi connectivity index (χ3v) is 2.85. The van der Waals surface area contributed by atoms with Crippen molar-refractivity contribution in [1.29, 1.82) is 0 Å². The number of nitrogens with two attached hydrogens (primary N) is 1. The zero-order valence-electron chi connectivity index (χ0n) is 11.3. The summed E-state index contributed by atoms with van der Waals surface area (Å²) in [7, 11) is 0. The molecule has 0 saturated heterocycles. The van der Waals surface area contributed by atoms with E-state index in [4.69, 9.17) is 10.5 Å². The van der Waals surface area contributed by atoms with Gasteiger partial charge in [0, 0.05) is 18.4 Å². The first-order chi connectivity index (χ1) is 9.24. The monoisotopic (exact) mass is 257 g/mol. The molecule has 0 saturated carbocycles. The lowest BCUT2D eigenvalue weighted by atomic mass is 10.1. The van der Waals surface area contributed by atoms with E-state index in [0.717, 1.165) is 17.7 Å². The van der Waals surface area contributed by atoms with E-state index >= 15 is 0 Å². The molecule has 1 atom stereocenters. The highest BCUT2D eigenvalue weighted by Crippen LogP contribution is 2.24. The molecule has 0 bridgehead atoms. The van der Waals surface area contributed by atoms with Crippen molar-refractivity contribution < 1.29 is 4.74 Å². The second-order valence-corrected chi connectivity index (χ2v) is 4.24. The molecule has 1 heterocycles. The molecule has 4 nitrogen and oxygen atoms in total. The van der Waals surface area contributed by atoms with Crippen LogP contribution in [-0.4, -0.2) is 16.6 Å². The molecule has 4 heteroatoms. The molecule has 0 fully saturated rings. The van der Waals surface area contributed by atoms with Gasteiger partial charge in [-0.15, -0.1) is 0 Å². The lowest BCUT2D eigenvalue weighted by Crippen LogP contribution is -2.12. The summed E-state index contributed by atoms with van der Waals surface area (Å²) in [6, 6.07) is 11.8. The second kappa shape index (κ2) is 6.29. The van der Waals surface area contributed by atoms with Crippen LogP contribution in [0.3, 0.4) is 0 Å². The number of rotatable bonds is 5. The largest absolute Gasteiger partial charge is 0.384 e. The molecule has 2 rings (SSSR count). The molecule has 0 spiro atoms. The highest BCUT2D eigenvalue weighted by molar-refractivity contribution is 5.32. The molecule has 0 aliphatic carbocycles. The number of nitrogens with zero attached hydrogens (tertiary/aromatic N) is 2. The molecule has 1 aromatic carbocycles. The highest BCUT2D eigenvalue weighted by Gasteiger charge is 2.18. The van der Waals surface area contributed by atoms with E-state index in [2.05, 4.69) is 9.97 Å². The van der Waals surface area contributed by atoms with Crippen molar-refractivity contribution >= 4 is 5.82 Å². The van der Waals surface area contributed by atoms with Gasteiger partial charge in [0.2, 0.25) is 0 Å². The van der Waals surface area contributed by atoms with Crippen molar-refractivity contribution in [3.05, 3.63) is 53.5 Å². The van der Waals surface area contributed by atoms with E-state index in [1.807, 2.05) is 44.2 Å². The lowest BCUT2D eigenvalue weighted by Gasteiger charge is -2.17. The van der Waals surface area contributed by atoms with Gasteiger partial charge in [-0.2, -0.15) is 0 Å². The number of anilines is 1. The number of aromatic nitrogens is 2. The number of nitrogen functional groups attached to an aromatic ring is 1. The van der Waals surface area contributed by atoms with Gasteiger partial charge in [-0.3, -0.25) is 0 Å². The molecular formula is C15H19N3O. The van der Waals surface area contributed by atoms with Crippen LogP contribution in [-0.2, 0) is 11.2 Å². The lowest BCUT2D eigenvalue weighted by molar-refractivity contribution is 0.0851. The average Bonchev–Trinajstić information content (AvgIpc) is 2.45. The minimum Gasteiger partial charge on any atom is -0.384 e. The Labute approximate surface area is 113 Å². The fraction of sp³-hybridized carbons (Fsp3) is 0.333. The Hall–Kier alpha value is -1.94. The molecule has 100 valence electrons. The Balaban J connectivity index is 2.41. The van der Waals surface area contributed by atoms with Crippen molar-refractivity contribution in [3.63, 3.8) is 0 Å². The summed E-state index contributed by atoms with van der Waals surface area (Å²) >= 11 is 0. The van der Waals surface area contributed by atoms with Crippen LogP contribution in [0.4, 0.5) is 5.82 Å². The van der Waals surface area contributed by atoms with E-state index in [1.165, 1.54) is 0 Å². The number of ether oxygens (including phenoxy) is 1. The Morgan fingerprint density at radius 3 is 2.53 bits per heavy atom. The van der Waals surface area contributed by atoms with Crippen molar-refractivity contribution in [1.82, 2.24) is 9.97 Å². The van der Waals surface area contributed by atoms with Crippen LogP contribution < -0.4 is 5.73 Å². The normalized spacial score (nSPS) is 12.3. The number of aryl methyl sites for hydroxylation is 1. The summed E-state index contributed by atoms with van der Waals surface area (Å²) in [6.45, 7) is 4.60. The van der Waals surface area contributed by atoms with Crippen molar-refractivity contribution in [2.75, 3.05) is 12.3 Å². The zero-order valence-corrected chi connectivity index (χ0v) is 11.3. The molecule has 0 amide bonds. The fourth-order valence-electron chi connectivity index (χ4n) is 1.95. The average molecular weight is 257 g/mol. The zero-order chi connectivity index (χ0) is 13.7. The third-order valence-electron chi connectivity index (χ3n) is 2.85. The first-order valence-electron chi connectivity index (χ1n) is 6.54. The Bertz CT molecular complexity index is 528. The van der Waals surface area contributed by atoms with Gasteiger partial charge >= 0.3 is 0 Å². The molecule has 19 heavy (non-hydrogen) atoms. The van der Waals surface area contributed by atoms with Gasteiger partial charge in [-0.25, -0.2) is 9.97 Å². The van der Waals surface area contributed by atoms with Gasteiger partial charge in [0.25, 0.3) is 0 Å². The maximum atomic E-state index is 5.84. The minimum atomic E-state index is -0.264. The van der Waals surface area contributed by atoms with Crippen molar-refractivity contribution in [3.8, 4) is 0 Å². The molecule has 0 aliphatic heterocycles.